The van der Waals surface area contributed by atoms with Crippen LogP contribution < -0.4 is 0 Å². The molecule has 5 heteroatoms. The number of piperidine rings is 1. The fourth-order valence-electron chi connectivity index (χ4n) is 2.18. The molecular formula is C13H15F2NO2. The summed E-state index contributed by atoms with van der Waals surface area (Å²) in [5.74, 6) is -1.84. The Morgan fingerprint density at radius 3 is 2.61 bits per heavy atom. The van der Waals surface area contributed by atoms with Gasteiger partial charge in [-0.3, -0.25) is 9.69 Å². The van der Waals surface area contributed by atoms with E-state index in [-0.39, 0.29) is 17.9 Å². The van der Waals surface area contributed by atoms with Crippen molar-refractivity contribution in [2.45, 2.75) is 18.9 Å². The molecule has 1 atom stereocenters. The molecule has 0 spiro atoms. The van der Waals surface area contributed by atoms with E-state index in [0.29, 0.717) is 6.54 Å². The fourth-order valence-corrected chi connectivity index (χ4v) is 2.18. The molecule has 0 bridgehead atoms. The zero-order valence-electron chi connectivity index (χ0n) is 9.90. The molecule has 2 rings (SSSR count). The third-order valence-electron chi connectivity index (χ3n) is 3.03. The van der Waals surface area contributed by atoms with Gasteiger partial charge < -0.3 is 5.11 Å². The van der Waals surface area contributed by atoms with Crippen LogP contribution >= 0.6 is 0 Å². The van der Waals surface area contributed by atoms with Gasteiger partial charge in [0.15, 0.2) is 5.78 Å². The van der Waals surface area contributed by atoms with Gasteiger partial charge in [0.25, 0.3) is 0 Å². The van der Waals surface area contributed by atoms with Gasteiger partial charge in [0.2, 0.25) is 0 Å². The highest BCUT2D eigenvalue weighted by Crippen LogP contribution is 2.13. The summed E-state index contributed by atoms with van der Waals surface area (Å²) in [4.78, 5) is 13.7. The number of nitrogens with zero attached hydrogens (tertiary/aromatic N) is 1. The van der Waals surface area contributed by atoms with Gasteiger partial charge in [-0.1, -0.05) is 0 Å². The topological polar surface area (TPSA) is 40.5 Å². The van der Waals surface area contributed by atoms with E-state index in [4.69, 9.17) is 0 Å². The molecule has 0 aromatic heterocycles. The molecule has 0 saturated carbocycles. The molecule has 1 N–H and O–H groups in total. The van der Waals surface area contributed by atoms with Gasteiger partial charge in [-0.25, -0.2) is 8.78 Å². The van der Waals surface area contributed by atoms with Gasteiger partial charge in [-0.15, -0.1) is 0 Å². The van der Waals surface area contributed by atoms with Crippen LogP contribution in [0.3, 0.4) is 0 Å². The minimum absolute atomic E-state index is 0.0348. The Bertz CT molecular complexity index is 430. The zero-order chi connectivity index (χ0) is 13.1. The third kappa shape index (κ3) is 3.34. The summed E-state index contributed by atoms with van der Waals surface area (Å²) in [6.45, 7) is 1.24. The van der Waals surface area contributed by atoms with Gasteiger partial charge in [0.1, 0.15) is 11.6 Å². The number of Topliss-reactive ketones (excluding diaryl/α,β-unsaturated/α-hetero) is 1. The third-order valence-corrected chi connectivity index (χ3v) is 3.03. The Balaban J connectivity index is 2.02. The van der Waals surface area contributed by atoms with E-state index >= 15 is 0 Å². The van der Waals surface area contributed by atoms with Gasteiger partial charge in [0, 0.05) is 18.2 Å². The van der Waals surface area contributed by atoms with Crippen molar-refractivity contribution >= 4 is 5.78 Å². The number of aliphatic hydroxyl groups excluding tert-OH is 1. The molecule has 1 fully saturated rings. The lowest BCUT2D eigenvalue weighted by Gasteiger charge is -2.29. The van der Waals surface area contributed by atoms with Gasteiger partial charge in [-0.2, -0.15) is 0 Å². The minimum atomic E-state index is -0.753. The van der Waals surface area contributed by atoms with E-state index in [1.165, 1.54) is 0 Å². The lowest BCUT2D eigenvalue weighted by molar-refractivity contribution is 0.0633. The molecule has 0 radical (unpaired) electrons. The number of likely N-dealkylation sites (tertiary alicyclic amines) is 1. The average Bonchev–Trinajstić information content (AvgIpc) is 2.27. The second-order valence-electron chi connectivity index (χ2n) is 4.61. The number of aliphatic hydroxyl groups is 1. The maximum atomic E-state index is 13.0. The molecular weight excluding hydrogens is 240 g/mol. The molecule has 1 unspecified atom stereocenters. The van der Waals surface area contributed by atoms with E-state index in [1.807, 2.05) is 0 Å². The Kier molecular flexibility index (Phi) is 4.04. The van der Waals surface area contributed by atoms with Crippen LogP contribution in [0, 0.1) is 11.6 Å². The maximum Gasteiger partial charge on any atom is 0.177 e. The largest absolute Gasteiger partial charge is 0.392 e. The maximum absolute atomic E-state index is 13.0. The van der Waals surface area contributed by atoms with E-state index in [9.17, 15) is 18.7 Å². The Hall–Kier alpha value is -1.33. The van der Waals surface area contributed by atoms with Crippen molar-refractivity contribution in [3.8, 4) is 0 Å². The van der Waals surface area contributed by atoms with Crippen LogP contribution in [0.1, 0.15) is 23.2 Å². The van der Waals surface area contributed by atoms with E-state index < -0.39 is 17.7 Å². The Morgan fingerprint density at radius 2 is 2.00 bits per heavy atom. The first-order chi connectivity index (χ1) is 8.54. The van der Waals surface area contributed by atoms with Crippen LogP contribution in [0.15, 0.2) is 18.2 Å². The number of benzene rings is 1. The predicted octanol–water partition coefficient (Wildman–Crippen LogP) is 1.60. The average molecular weight is 255 g/mol. The van der Waals surface area contributed by atoms with Crippen LogP contribution in [-0.2, 0) is 0 Å². The second-order valence-corrected chi connectivity index (χ2v) is 4.61. The van der Waals surface area contributed by atoms with E-state index in [2.05, 4.69) is 0 Å². The molecule has 98 valence electrons. The van der Waals surface area contributed by atoms with Crippen LogP contribution in [0.25, 0.3) is 0 Å². The summed E-state index contributed by atoms with van der Waals surface area (Å²) >= 11 is 0. The number of halogens is 2. The second kappa shape index (κ2) is 5.54. The molecule has 1 saturated heterocycles. The number of carbonyl (C=O) groups is 1. The number of carbonyl (C=O) groups excluding carboxylic acids is 1. The van der Waals surface area contributed by atoms with Gasteiger partial charge in [-0.05, 0) is 31.5 Å². The van der Waals surface area contributed by atoms with E-state index in [1.54, 1.807) is 4.90 Å². The van der Waals surface area contributed by atoms with Crippen molar-refractivity contribution in [1.82, 2.24) is 4.90 Å². The molecule has 1 aromatic carbocycles. The first kappa shape index (κ1) is 13.1. The van der Waals surface area contributed by atoms with Crippen LogP contribution in [0.4, 0.5) is 8.78 Å². The highest BCUT2D eigenvalue weighted by molar-refractivity contribution is 5.97. The minimum Gasteiger partial charge on any atom is -0.392 e. The van der Waals surface area contributed by atoms with Crippen molar-refractivity contribution < 1.29 is 18.7 Å². The van der Waals surface area contributed by atoms with Crippen molar-refractivity contribution in [3.63, 3.8) is 0 Å². The molecule has 1 aliphatic rings. The Morgan fingerprint density at radius 1 is 1.33 bits per heavy atom. The number of hydrogen-bond acceptors (Lipinski definition) is 3. The summed E-state index contributed by atoms with van der Waals surface area (Å²) < 4.78 is 26.0. The quantitative estimate of drug-likeness (QED) is 0.834. The van der Waals surface area contributed by atoms with E-state index in [0.717, 1.165) is 37.6 Å². The molecule has 0 aliphatic carbocycles. The van der Waals surface area contributed by atoms with Crippen LogP contribution in [-0.4, -0.2) is 41.5 Å². The summed E-state index contributed by atoms with van der Waals surface area (Å²) in [6.07, 6.45) is 1.14. The highest BCUT2D eigenvalue weighted by atomic mass is 19.1. The molecule has 1 aliphatic heterocycles. The molecule has 1 aromatic rings. The van der Waals surface area contributed by atoms with Gasteiger partial charge >= 0.3 is 0 Å². The summed E-state index contributed by atoms with van der Waals surface area (Å²) in [5.41, 5.74) is 0.0348. The first-order valence-electron chi connectivity index (χ1n) is 5.94. The summed E-state index contributed by atoms with van der Waals surface area (Å²) in [6, 6.07) is 2.80. The molecule has 0 amide bonds. The summed E-state index contributed by atoms with van der Waals surface area (Å²) in [5, 5.41) is 9.48. The normalized spacial score (nSPS) is 20.9. The zero-order valence-corrected chi connectivity index (χ0v) is 9.90. The lowest BCUT2D eigenvalue weighted by atomic mass is 10.1. The van der Waals surface area contributed by atoms with Crippen molar-refractivity contribution in [1.29, 1.82) is 0 Å². The molecule has 3 nitrogen and oxygen atoms in total. The van der Waals surface area contributed by atoms with Crippen LogP contribution in [0.2, 0.25) is 0 Å². The smallest absolute Gasteiger partial charge is 0.177 e. The summed E-state index contributed by atoms with van der Waals surface area (Å²) in [7, 11) is 0. The number of ketones is 1. The standard InChI is InChI=1S/C13H15F2NO2/c14-10-4-9(5-11(15)6-10)13(18)8-16-3-1-2-12(17)7-16/h4-6,12,17H,1-3,7-8H2. The molecule has 18 heavy (non-hydrogen) atoms. The van der Waals surface area contributed by atoms with Crippen LogP contribution in [0.5, 0.6) is 0 Å². The monoisotopic (exact) mass is 255 g/mol. The highest BCUT2D eigenvalue weighted by Gasteiger charge is 2.20. The molecule has 1 heterocycles. The van der Waals surface area contributed by atoms with Gasteiger partial charge in [0.05, 0.1) is 12.6 Å². The predicted molar refractivity (Wildman–Crippen MR) is 62.4 cm³/mol. The fraction of sp³-hybridized carbons (Fsp3) is 0.462. The number of hydrogen-bond donors (Lipinski definition) is 1. The number of β-amino-alcohol motifs (C(OH)–C–C–N with tert-alkyl or cyclic N) is 1. The SMILES string of the molecule is O=C(CN1CCCC(O)C1)c1cc(F)cc(F)c1. The lowest BCUT2D eigenvalue weighted by Crippen LogP contribution is -2.41. The van der Waals surface area contributed by atoms with Crippen molar-refractivity contribution in [2.75, 3.05) is 19.6 Å². The van der Waals surface area contributed by atoms with Crippen molar-refractivity contribution in [2.24, 2.45) is 0 Å². The first-order valence-corrected chi connectivity index (χ1v) is 5.94. The number of rotatable bonds is 3. The Labute approximate surface area is 104 Å². The van der Waals surface area contributed by atoms with Crippen molar-refractivity contribution in [3.05, 3.63) is 35.4 Å².